The van der Waals surface area contributed by atoms with Crippen LogP contribution in [0.1, 0.15) is 48.7 Å². The van der Waals surface area contributed by atoms with E-state index >= 15 is 0 Å². The van der Waals surface area contributed by atoms with E-state index in [2.05, 4.69) is 10.6 Å². The van der Waals surface area contributed by atoms with Crippen molar-refractivity contribution >= 4 is 29.2 Å². The van der Waals surface area contributed by atoms with Crippen molar-refractivity contribution in [3.63, 3.8) is 0 Å². The molecule has 2 aromatic carbocycles. The van der Waals surface area contributed by atoms with Gasteiger partial charge in [0.2, 0.25) is 11.8 Å². The van der Waals surface area contributed by atoms with Crippen molar-refractivity contribution in [3.8, 4) is 0 Å². The van der Waals surface area contributed by atoms with E-state index in [1.54, 1.807) is 30.3 Å². The first-order valence-electron chi connectivity index (χ1n) is 9.11. The highest BCUT2D eigenvalue weighted by Crippen LogP contribution is 2.24. The Kier molecular flexibility index (Phi) is 6.57. The van der Waals surface area contributed by atoms with Gasteiger partial charge in [0.25, 0.3) is 0 Å². The van der Waals surface area contributed by atoms with Crippen LogP contribution in [0.2, 0.25) is 0 Å². The van der Waals surface area contributed by atoms with Crippen LogP contribution >= 0.6 is 0 Å². The number of anilines is 2. The van der Waals surface area contributed by atoms with Gasteiger partial charge < -0.3 is 15.7 Å². The van der Waals surface area contributed by atoms with Crippen molar-refractivity contribution in [2.24, 2.45) is 5.41 Å². The molecule has 2 amide bonds. The Morgan fingerprint density at radius 2 is 1.68 bits per heavy atom. The minimum atomic E-state index is -1.01. The summed E-state index contributed by atoms with van der Waals surface area (Å²) in [6, 6.07) is 12.0. The van der Waals surface area contributed by atoms with Gasteiger partial charge in [0.15, 0.2) is 0 Å². The molecule has 2 rings (SSSR count). The Morgan fingerprint density at radius 3 is 2.32 bits per heavy atom. The van der Waals surface area contributed by atoms with E-state index in [1.807, 2.05) is 33.8 Å². The van der Waals surface area contributed by atoms with E-state index in [-0.39, 0.29) is 23.8 Å². The Morgan fingerprint density at radius 1 is 1.00 bits per heavy atom. The lowest BCUT2D eigenvalue weighted by atomic mass is 9.95. The van der Waals surface area contributed by atoms with Crippen molar-refractivity contribution in [2.75, 3.05) is 10.6 Å². The maximum absolute atomic E-state index is 12.3. The Hall–Kier alpha value is -3.15. The lowest BCUT2D eigenvalue weighted by molar-refractivity contribution is -0.123. The number of nitrogens with one attached hydrogen (secondary N) is 2. The van der Waals surface area contributed by atoms with E-state index in [4.69, 9.17) is 0 Å². The third-order valence-electron chi connectivity index (χ3n) is 4.32. The highest BCUT2D eigenvalue weighted by Gasteiger charge is 2.21. The summed E-state index contributed by atoms with van der Waals surface area (Å²) in [7, 11) is 0. The van der Waals surface area contributed by atoms with Crippen LogP contribution in [0.4, 0.5) is 11.4 Å². The minimum Gasteiger partial charge on any atom is -0.478 e. The van der Waals surface area contributed by atoms with Crippen LogP contribution in [0.25, 0.3) is 0 Å². The highest BCUT2D eigenvalue weighted by atomic mass is 16.4. The topological polar surface area (TPSA) is 95.5 Å². The number of carbonyl (C=O) groups is 3. The summed E-state index contributed by atoms with van der Waals surface area (Å²) < 4.78 is 0. The summed E-state index contributed by atoms with van der Waals surface area (Å²) in [5.41, 5.74) is 2.42. The smallest absolute Gasteiger partial charge is 0.335 e. The fourth-order valence-corrected chi connectivity index (χ4v) is 2.56. The number of carboxylic acid groups (broad SMARTS) is 1. The second-order valence-corrected chi connectivity index (χ2v) is 7.74. The molecule has 28 heavy (non-hydrogen) atoms. The van der Waals surface area contributed by atoms with Crippen LogP contribution in [-0.2, 0) is 16.0 Å². The molecular formula is C22H26N2O4. The molecular weight excluding hydrogens is 356 g/mol. The number of carbonyl (C=O) groups excluding carboxylic acids is 2. The number of amides is 2. The third-order valence-corrected chi connectivity index (χ3v) is 4.32. The molecule has 0 aliphatic rings. The molecule has 0 bridgehead atoms. The van der Waals surface area contributed by atoms with Crippen LogP contribution in [0.5, 0.6) is 0 Å². The molecule has 6 heteroatoms. The van der Waals surface area contributed by atoms with Crippen LogP contribution in [0, 0.1) is 12.3 Å². The fraction of sp³-hybridized carbons (Fsp3) is 0.318. The van der Waals surface area contributed by atoms with Gasteiger partial charge in [0, 0.05) is 23.2 Å². The second kappa shape index (κ2) is 8.69. The van der Waals surface area contributed by atoms with E-state index in [0.717, 1.165) is 5.56 Å². The summed E-state index contributed by atoms with van der Waals surface area (Å²) in [4.78, 5) is 35.8. The second-order valence-electron chi connectivity index (χ2n) is 7.74. The van der Waals surface area contributed by atoms with E-state index in [9.17, 15) is 19.5 Å². The average molecular weight is 382 g/mol. The van der Waals surface area contributed by atoms with Crippen LogP contribution < -0.4 is 10.6 Å². The molecule has 0 heterocycles. The number of hydrogen-bond donors (Lipinski definition) is 3. The van der Waals surface area contributed by atoms with Gasteiger partial charge in [-0.05, 0) is 42.7 Å². The van der Waals surface area contributed by atoms with Gasteiger partial charge in [-0.25, -0.2) is 4.79 Å². The van der Waals surface area contributed by atoms with E-state index in [0.29, 0.717) is 23.4 Å². The SMILES string of the molecule is Cc1ccc(NC(=O)CCc2ccccc2C(=O)O)cc1NC(=O)C(C)(C)C. The van der Waals surface area contributed by atoms with Crippen LogP contribution in [0.3, 0.4) is 0 Å². The number of carboxylic acids is 1. The molecule has 0 spiro atoms. The number of hydrogen-bond acceptors (Lipinski definition) is 3. The molecule has 0 saturated heterocycles. The molecule has 0 radical (unpaired) electrons. The highest BCUT2D eigenvalue weighted by molar-refractivity contribution is 5.97. The largest absolute Gasteiger partial charge is 0.478 e. The molecule has 0 fully saturated rings. The molecule has 2 aromatic rings. The minimum absolute atomic E-state index is 0.107. The Labute approximate surface area is 165 Å². The average Bonchev–Trinajstić information content (AvgIpc) is 2.62. The molecule has 0 aromatic heterocycles. The zero-order valence-corrected chi connectivity index (χ0v) is 16.6. The first-order chi connectivity index (χ1) is 13.1. The number of aromatic carboxylic acids is 1. The van der Waals surface area contributed by atoms with Gasteiger partial charge in [0.1, 0.15) is 0 Å². The summed E-state index contributed by atoms with van der Waals surface area (Å²) in [5, 5.41) is 14.9. The summed E-state index contributed by atoms with van der Waals surface area (Å²) >= 11 is 0. The lowest BCUT2D eigenvalue weighted by Crippen LogP contribution is -2.28. The number of benzene rings is 2. The molecule has 0 atom stereocenters. The zero-order chi connectivity index (χ0) is 20.9. The van der Waals surface area contributed by atoms with Crippen LogP contribution in [0.15, 0.2) is 42.5 Å². The van der Waals surface area contributed by atoms with Crippen molar-refractivity contribution in [3.05, 3.63) is 59.2 Å². The number of rotatable bonds is 6. The van der Waals surface area contributed by atoms with Crippen LogP contribution in [-0.4, -0.2) is 22.9 Å². The third kappa shape index (κ3) is 5.67. The summed E-state index contributed by atoms with van der Waals surface area (Å²) in [6.45, 7) is 7.38. The Bertz CT molecular complexity index is 898. The lowest BCUT2D eigenvalue weighted by Gasteiger charge is -2.19. The predicted octanol–water partition coefficient (Wildman–Crippen LogP) is 4.25. The summed E-state index contributed by atoms with van der Waals surface area (Å²) in [5.74, 6) is -1.34. The predicted molar refractivity (Wildman–Crippen MR) is 110 cm³/mol. The zero-order valence-electron chi connectivity index (χ0n) is 16.6. The molecule has 0 aliphatic heterocycles. The van der Waals surface area contributed by atoms with Gasteiger partial charge >= 0.3 is 5.97 Å². The maximum Gasteiger partial charge on any atom is 0.335 e. The maximum atomic E-state index is 12.3. The normalized spacial score (nSPS) is 11.0. The Balaban J connectivity index is 2.04. The fourth-order valence-electron chi connectivity index (χ4n) is 2.56. The van der Waals surface area contributed by atoms with Crippen molar-refractivity contribution in [1.82, 2.24) is 0 Å². The molecule has 0 aliphatic carbocycles. The summed E-state index contributed by atoms with van der Waals surface area (Å²) in [6.07, 6.45) is 0.482. The quantitative estimate of drug-likeness (QED) is 0.696. The van der Waals surface area contributed by atoms with Gasteiger partial charge in [-0.3, -0.25) is 9.59 Å². The molecule has 0 unspecified atom stereocenters. The molecule has 3 N–H and O–H groups in total. The van der Waals surface area contributed by atoms with E-state index < -0.39 is 11.4 Å². The van der Waals surface area contributed by atoms with Crippen molar-refractivity contribution in [2.45, 2.75) is 40.5 Å². The standard InChI is InChI=1S/C22H26N2O4/c1-14-9-11-16(13-18(14)24-21(28)22(2,3)4)23-19(25)12-10-15-7-5-6-8-17(15)20(26)27/h5-9,11,13H,10,12H2,1-4H3,(H,23,25)(H,24,28)(H,26,27). The van der Waals surface area contributed by atoms with Gasteiger partial charge in [-0.2, -0.15) is 0 Å². The van der Waals surface area contributed by atoms with Gasteiger partial charge in [0.05, 0.1) is 5.56 Å². The molecule has 0 saturated carbocycles. The van der Waals surface area contributed by atoms with E-state index in [1.165, 1.54) is 6.07 Å². The van der Waals surface area contributed by atoms with Gasteiger partial charge in [-0.1, -0.05) is 45.0 Å². The molecule has 6 nitrogen and oxygen atoms in total. The first-order valence-corrected chi connectivity index (χ1v) is 9.11. The monoisotopic (exact) mass is 382 g/mol. The van der Waals surface area contributed by atoms with Crippen molar-refractivity contribution in [1.29, 1.82) is 0 Å². The first kappa shape index (κ1) is 21.2. The van der Waals surface area contributed by atoms with Crippen molar-refractivity contribution < 1.29 is 19.5 Å². The van der Waals surface area contributed by atoms with Gasteiger partial charge in [-0.15, -0.1) is 0 Å². The molecule has 148 valence electrons. The number of aryl methyl sites for hydroxylation is 2.